The van der Waals surface area contributed by atoms with Crippen LogP contribution in [0.3, 0.4) is 0 Å². The van der Waals surface area contributed by atoms with Crippen molar-refractivity contribution in [2.45, 2.75) is 18.9 Å². The summed E-state index contributed by atoms with van der Waals surface area (Å²) in [6, 6.07) is 5.83. The van der Waals surface area contributed by atoms with Crippen molar-refractivity contribution in [1.82, 2.24) is 9.80 Å². The van der Waals surface area contributed by atoms with Gasteiger partial charge in [-0.3, -0.25) is 0 Å². The molecule has 6 heteroatoms. The van der Waals surface area contributed by atoms with Gasteiger partial charge in [0, 0.05) is 30.9 Å². The Morgan fingerprint density at radius 2 is 2.05 bits per heavy atom. The van der Waals surface area contributed by atoms with Crippen LogP contribution in [-0.4, -0.2) is 55.3 Å². The molecular formula is C16H21N3O3. The zero-order chi connectivity index (χ0) is 15.1. The summed E-state index contributed by atoms with van der Waals surface area (Å²) in [6.07, 6.45) is 2.31. The number of benzene rings is 1. The van der Waals surface area contributed by atoms with Gasteiger partial charge in [-0.25, -0.2) is 4.79 Å². The Morgan fingerprint density at radius 3 is 2.95 bits per heavy atom. The summed E-state index contributed by atoms with van der Waals surface area (Å²) >= 11 is 0. The van der Waals surface area contributed by atoms with Crippen molar-refractivity contribution in [3.63, 3.8) is 0 Å². The summed E-state index contributed by atoms with van der Waals surface area (Å²) in [5.41, 5.74) is 0.752. The molecule has 0 aliphatic carbocycles. The van der Waals surface area contributed by atoms with Crippen molar-refractivity contribution in [3.8, 4) is 11.5 Å². The molecule has 0 saturated carbocycles. The van der Waals surface area contributed by atoms with Gasteiger partial charge in [0.25, 0.3) is 0 Å². The first-order chi connectivity index (χ1) is 10.7. The smallest absolute Gasteiger partial charge is 0.322 e. The predicted molar refractivity (Wildman–Crippen MR) is 82.3 cm³/mol. The van der Waals surface area contributed by atoms with E-state index in [-0.39, 0.29) is 12.8 Å². The van der Waals surface area contributed by atoms with Crippen LogP contribution in [0, 0.1) is 5.92 Å². The summed E-state index contributed by atoms with van der Waals surface area (Å²) in [6.45, 7) is 3.20. The fourth-order valence-corrected chi connectivity index (χ4v) is 3.72. The third-order valence-electron chi connectivity index (χ3n) is 4.95. The molecule has 1 aromatic carbocycles. The average Bonchev–Trinajstić information content (AvgIpc) is 3.12. The summed E-state index contributed by atoms with van der Waals surface area (Å²) in [4.78, 5) is 16.9. The lowest BCUT2D eigenvalue weighted by Crippen LogP contribution is -2.49. The lowest BCUT2D eigenvalue weighted by molar-refractivity contribution is 0.137. The van der Waals surface area contributed by atoms with E-state index in [0.717, 1.165) is 37.5 Å². The molecule has 3 aliphatic rings. The molecule has 0 radical (unpaired) electrons. The molecule has 2 saturated heterocycles. The second-order valence-corrected chi connectivity index (χ2v) is 6.36. The summed E-state index contributed by atoms with van der Waals surface area (Å²) in [5.74, 6) is 2.07. The number of anilines is 1. The molecule has 22 heavy (non-hydrogen) atoms. The van der Waals surface area contributed by atoms with Crippen molar-refractivity contribution >= 4 is 11.7 Å². The number of hydrogen-bond acceptors (Lipinski definition) is 4. The number of urea groups is 1. The van der Waals surface area contributed by atoms with Crippen LogP contribution >= 0.6 is 0 Å². The van der Waals surface area contributed by atoms with E-state index in [9.17, 15) is 4.79 Å². The highest BCUT2D eigenvalue weighted by molar-refractivity contribution is 5.90. The van der Waals surface area contributed by atoms with Crippen LogP contribution in [0.25, 0.3) is 0 Å². The van der Waals surface area contributed by atoms with Crippen LogP contribution in [0.15, 0.2) is 18.2 Å². The third kappa shape index (κ3) is 2.37. The lowest BCUT2D eigenvalue weighted by Gasteiger charge is -2.36. The first kappa shape index (κ1) is 13.7. The largest absolute Gasteiger partial charge is 0.454 e. The highest BCUT2D eigenvalue weighted by atomic mass is 16.7. The second kappa shape index (κ2) is 5.35. The number of carbonyl (C=O) groups is 1. The molecule has 0 spiro atoms. The number of piperidine rings is 1. The maximum absolute atomic E-state index is 12.6. The molecular weight excluding hydrogens is 282 g/mol. The van der Waals surface area contributed by atoms with Gasteiger partial charge in [0.1, 0.15) is 0 Å². The Morgan fingerprint density at radius 1 is 1.23 bits per heavy atom. The molecule has 4 rings (SSSR count). The zero-order valence-electron chi connectivity index (χ0n) is 12.7. The van der Waals surface area contributed by atoms with E-state index >= 15 is 0 Å². The molecule has 1 aromatic rings. The second-order valence-electron chi connectivity index (χ2n) is 6.36. The summed E-state index contributed by atoms with van der Waals surface area (Å²) in [5, 5.41) is 2.99. The SMILES string of the molecule is CN1CC[C@H]2CCN(C(=O)Nc3ccc4c(c3)OCO4)[C@@H]2C1. The Bertz CT molecular complexity index is 592. The minimum absolute atomic E-state index is 0.0123. The Kier molecular flexibility index (Phi) is 3.33. The Labute approximate surface area is 130 Å². The zero-order valence-corrected chi connectivity index (χ0v) is 12.7. The van der Waals surface area contributed by atoms with Crippen molar-refractivity contribution in [2.75, 3.05) is 38.8 Å². The van der Waals surface area contributed by atoms with Crippen LogP contribution in [0.4, 0.5) is 10.5 Å². The number of hydrogen-bond donors (Lipinski definition) is 1. The van der Waals surface area contributed by atoms with Gasteiger partial charge in [-0.05, 0) is 44.5 Å². The Hall–Kier alpha value is -1.95. The maximum Gasteiger partial charge on any atom is 0.322 e. The number of rotatable bonds is 1. The monoisotopic (exact) mass is 303 g/mol. The molecule has 3 heterocycles. The standard InChI is InChI=1S/C16H21N3O3/c1-18-6-4-11-5-7-19(13(11)9-18)16(20)17-12-2-3-14-15(8-12)22-10-21-14/h2-3,8,11,13H,4-7,9-10H2,1H3,(H,17,20)/t11-,13+/m0/s1. The van der Waals surface area contributed by atoms with Crippen molar-refractivity contribution in [1.29, 1.82) is 0 Å². The first-order valence-corrected chi connectivity index (χ1v) is 7.86. The molecule has 0 unspecified atom stereocenters. The van der Waals surface area contributed by atoms with Crippen LogP contribution in [0.1, 0.15) is 12.8 Å². The van der Waals surface area contributed by atoms with Crippen LogP contribution < -0.4 is 14.8 Å². The number of ether oxygens (including phenoxy) is 2. The van der Waals surface area contributed by atoms with Crippen LogP contribution in [0.5, 0.6) is 11.5 Å². The van der Waals surface area contributed by atoms with Crippen molar-refractivity contribution in [2.24, 2.45) is 5.92 Å². The van der Waals surface area contributed by atoms with Gasteiger partial charge in [0.15, 0.2) is 11.5 Å². The van der Waals surface area contributed by atoms with E-state index in [2.05, 4.69) is 17.3 Å². The molecule has 0 bridgehead atoms. The quantitative estimate of drug-likeness (QED) is 0.862. The van der Waals surface area contributed by atoms with Gasteiger partial charge < -0.3 is 24.6 Å². The minimum Gasteiger partial charge on any atom is -0.454 e. The molecule has 1 N–H and O–H groups in total. The van der Waals surface area contributed by atoms with Gasteiger partial charge in [-0.1, -0.05) is 0 Å². The number of nitrogens with one attached hydrogen (secondary N) is 1. The summed E-state index contributed by atoms with van der Waals surface area (Å²) < 4.78 is 10.6. The normalized spacial score (nSPS) is 26.9. The van der Waals surface area contributed by atoms with E-state index in [1.54, 1.807) is 0 Å². The topological polar surface area (TPSA) is 54.0 Å². The first-order valence-electron chi connectivity index (χ1n) is 7.86. The molecule has 2 atom stereocenters. The van der Waals surface area contributed by atoms with E-state index in [1.165, 1.54) is 6.42 Å². The van der Waals surface area contributed by atoms with E-state index in [0.29, 0.717) is 17.7 Å². The molecule has 118 valence electrons. The van der Waals surface area contributed by atoms with Crippen LogP contribution in [0.2, 0.25) is 0 Å². The molecule has 6 nitrogen and oxygen atoms in total. The number of amides is 2. The fourth-order valence-electron chi connectivity index (χ4n) is 3.72. The predicted octanol–water partition coefficient (Wildman–Crippen LogP) is 1.97. The van der Waals surface area contributed by atoms with E-state index < -0.39 is 0 Å². The number of likely N-dealkylation sites (N-methyl/N-ethyl adjacent to an activating group) is 1. The lowest BCUT2D eigenvalue weighted by atomic mass is 9.92. The molecule has 3 aliphatic heterocycles. The van der Waals surface area contributed by atoms with Crippen molar-refractivity contribution in [3.05, 3.63) is 18.2 Å². The number of carbonyl (C=O) groups excluding carboxylic acids is 1. The maximum atomic E-state index is 12.6. The highest BCUT2D eigenvalue weighted by Crippen LogP contribution is 2.35. The summed E-state index contributed by atoms with van der Waals surface area (Å²) in [7, 11) is 2.13. The van der Waals surface area contributed by atoms with E-state index in [1.807, 2.05) is 23.1 Å². The van der Waals surface area contributed by atoms with Gasteiger partial charge in [0.2, 0.25) is 6.79 Å². The molecule has 2 amide bonds. The Balaban J connectivity index is 1.46. The minimum atomic E-state index is -0.0123. The van der Waals surface area contributed by atoms with Crippen LogP contribution in [-0.2, 0) is 0 Å². The third-order valence-corrected chi connectivity index (χ3v) is 4.95. The van der Waals surface area contributed by atoms with Gasteiger partial charge in [-0.15, -0.1) is 0 Å². The van der Waals surface area contributed by atoms with Gasteiger partial charge in [0.05, 0.1) is 0 Å². The van der Waals surface area contributed by atoms with Gasteiger partial charge in [-0.2, -0.15) is 0 Å². The average molecular weight is 303 g/mol. The van der Waals surface area contributed by atoms with Crippen molar-refractivity contribution < 1.29 is 14.3 Å². The fraction of sp³-hybridized carbons (Fsp3) is 0.562. The number of nitrogens with zero attached hydrogens (tertiary/aromatic N) is 2. The molecule has 0 aromatic heterocycles. The van der Waals surface area contributed by atoms with Gasteiger partial charge >= 0.3 is 6.03 Å². The molecule has 2 fully saturated rings. The highest BCUT2D eigenvalue weighted by Gasteiger charge is 2.39. The number of fused-ring (bicyclic) bond motifs is 2. The number of likely N-dealkylation sites (tertiary alicyclic amines) is 2. The van der Waals surface area contributed by atoms with E-state index in [4.69, 9.17) is 9.47 Å².